The molecule has 0 fully saturated rings. The molecule has 0 spiro atoms. The van der Waals surface area contributed by atoms with Gasteiger partial charge in [-0.1, -0.05) is 6.42 Å². The van der Waals surface area contributed by atoms with Crippen molar-refractivity contribution < 1.29 is 53.7 Å². The molecule has 7 atom stereocenters. The lowest BCUT2D eigenvalue weighted by Gasteiger charge is -2.27. The summed E-state index contributed by atoms with van der Waals surface area (Å²) >= 11 is 4.08. The Bertz CT molecular complexity index is 1130. The van der Waals surface area contributed by atoms with Gasteiger partial charge in [-0.15, -0.1) is 0 Å². The van der Waals surface area contributed by atoms with E-state index >= 15 is 0 Å². The Labute approximate surface area is 282 Å². The normalized spacial score (nSPS) is 15.3. The lowest BCUT2D eigenvalue weighted by molar-refractivity contribution is -0.148. The summed E-state index contributed by atoms with van der Waals surface area (Å²) in [5.74, 6) is -9.30. The Morgan fingerprint density at radius 2 is 1.12 bits per heavy atom. The highest BCUT2D eigenvalue weighted by Crippen LogP contribution is 2.06. The van der Waals surface area contributed by atoms with Gasteiger partial charge >= 0.3 is 11.9 Å². The third-order valence-electron chi connectivity index (χ3n) is 6.80. The summed E-state index contributed by atoms with van der Waals surface area (Å²) in [7, 11) is 0. The Morgan fingerprint density at radius 1 is 0.646 bits per heavy atom. The quantitative estimate of drug-likeness (QED) is 0.0311. The first-order valence-corrected chi connectivity index (χ1v) is 15.8. The van der Waals surface area contributed by atoms with Crippen LogP contribution in [-0.2, 0) is 38.4 Å². The van der Waals surface area contributed by atoms with E-state index in [9.17, 15) is 48.6 Å². The molecule has 16 N–H and O–H groups in total. The zero-order valence-corrected chi connectivity index (χ0v) is 27.6. The third kappa shape index (κ3) is 17.2. The van der Waals surface area contributed by atoms with Gasteiger partial charge in [0, 0.05) is 5.75 Å². The van der Waals surface area contributed by atoms with Crippen molar-refractivity contribution in [2.24, 2.45) is 22.9 Å². The highest BCUT2D eigenvalue weighted by atomic mass is 32.1. The number of aliphatic hydroxyl groups excluding tert-OH is 1. The van der Waals surface area contributed by atoms with Gasteiger partial charge in [0.05, 0.1) is 25.0 Å². The van der Waals surface area contributed by atoms with Crippen molar-refractivity contribution in [2.75, 3.05) is 18.8 Å². The van der Waals surface area contributed by atoms with Crippen LogP contribution in [0.3, 0.4) is 0 Å². The largest absolute Gasteiger partial charge is 0.481 e. The molecular weight excluding hydrogens is 658 g/mol. The molecule has 0 heterocycles. The van der Waals surface area contributed by atoms with Crippen LogP contribution in [0.15, 0.2) is 0 Å². The van der Waals surface area contributed by atoms with E-state index in [4.69, 9.17) is 28.0 Å². The first kappa shape index (κ1) is 43.9. The molecule has 0 saturated heterocycles. The number of aliphatic hydroxyl groups is 1. The van der Waals surface area contributed by atoms with Crippen LogP contribution >= 0.6 is 12.6 Å². The van der Waals surface area contributed by atoms with Crippen molar-refractivity contribution in [3.05, 3.63) is 0 Å². The van der Waals surface area contributed by atoms with Gasteiger partial charge in [-0.3, -0.25) is 33.6 Å². The molecule has 0 aliphatic rings. The summed E-state index contributed by atoms with van der Waals surface area (Å²) in [5, 5.41) is 39.6. The molecule has 0 rings (SSSR count). The van der Waals surface area contributed by atoms with Gasteiger partial charge in [0.15, 0.2) is 0 Å². The standard InChI is InChI=1S/C27H49N9O11S/c1-13(37)21(26(45)34-17(27(46)47)11-20(39)40)36-23(42)15(7-3-5-9-29)32-25(44)18(12-48)35-24(43)16(10-19(31)38)33-22(41)14(30)6-2-4-8-28/h13-18,21,37,48H,2-12,28-30H2,1H3,(H2,31,38)(H,32,44)(H,33,41)(H,34,45)(H,35,43)(H,36,42)(H,39,40)(H,46,47). The smallest absolute Gasteiger partial charge is 0.326 e. The summed E-state index contributed by atoms with van der Waals surface area (Å²) in [6, 6.07) is -8.95. The van der Waals surface area contributed by atoms with Crippen molar-refractivity contribution in [3.8, 4) is 0 Å². The number of carboxylic acid groups (broad SMARTS) is 2. The molecule has 0 aliphatic heterocycles. The molecule has 20 nitrogen and oxygen atoms in total. The van der Waals surface area contributed by atoms with Crippen LogP contribution in [0.25, 0.3) is 0 Å². The number of carboxylic acids is 2. The minimum Gasteiger partial charge on any atom is -0.481 e. The number of carbonyl (C=O) groups excluding carboxylic acids is 6. The number of carbonyl (C=O) groups is 8. The number of aliphatic carboxylic acids is 2. The second kappa shape index (κ2) is 23.3. The minimum absolute atomic E-state index is 0.0324. The zero-order chi connectivity index (χ0) is 37.0. The van der Waals surface area contributed by atoms with Crippen LogP contribution in [0.5, 0.6) is 0 Å². The number of nitrogens with one attached hydrogen (secondary N) is 5. The zero-order valence-electron chi connectivity index (χ0n) is 26.7. The van der Waals surface area contributed by atoms with Gasteiger partial charge < -0.3 is 64.8 Å². The molecule has 0 aromatic carbocycles. The number of hydrogen-bond acceptors (Lipinski definition) is 13. The van der Waals surface area contributed by atoms with E-state index in [-0.39, 0.29) is 25.1 Å². The fourth-order valence-corrected chi connectivity index (χ4v) is 4.38. The SMILES string of the molecule is CC(O)C(NC(=O)C(CCCCN)NC(=O)C(CS)NC(=O)C(CC(N)=O)NC(=O)C(N)CCCCN)C(=O)NC(CC(=O)O)C(=O)O. The van der Waals surface area contributed by atoms with Crippen LogP contribution in [0.2, 0.25) is 0 Å². The Balaban J connectivity index is 5.85. The Kier molecular flexibility index (Phi) is 21.3. The predicted octanol–water partition coefficient (Wildman–Crippen LogP) is -5.26. The number of hydrogen-bond donors (Lipinski definition) is 13. The van der Waals surface area contributed by atoms with E-state index in [2.05, 4.69) is 33.9 Å². The highest BCUT2D eigenvalue weighted by Gasteiger charge is 2.34. The van der Waals surface area contributed by atoms with Crippen molar-refractivity contribution in [1.29, 1.82) is 0 Å². The molecule has 0 radical (unpaired) electrons. The van der Waals surface area contributed by atoms with E-state index in [1.165, 1.54) is 0 Å². The van der Waals surface area contributed by atoms with Gasteiger partial charge in [0.2, 0.25) is 35.4 Å². The molecule has 0 aromatic heterocycles. The van der Waals surface area contributed by atoms with Crippen molar-refractivity contribution in [2.45, 2.75) is 101 Å². The summed E-state index contributed by atoms with van der Waals surface area (Å²) in [6.07, 6.45) is -1.11. The van der Waals surface area contributed by atoms with E-state index < -0.39 is 103 Å². The maximum absolute atomic E-state index is 13.2. The fourth-order valence-electron chi connectivity index (χ4n) is 4.12. The predicted molar refractivity (Wildman–Crippen MR) is 173 cm³/mol. The third-order valence-corrected chi connectivity index (χ3v) is 7.16. The molecule has 274 valence electrons. The van der Waals surface area contributed by atoms with Crippen molar-refractivity contribution >= 4 is 60.0 Å². The molecule has 6 amide bonds. The molecule has 7 unspecified atom stereocenters. The summed E-state index contributed by atoms with van der Waals surface area (Å²) in [5.41, 5.74) is 22.1. The van der Waals surface area contributed by atoms with Crippen LogP contribution in [0.1, 0.15) is 58.3 Å². The fraction of sp³-hybridized carbons (Fsp3) is 0.704. The first-order chi connectivity index (χ1) is 22.5. The molecule has 0 aromatic rings. The molecular formula is C27H49N9O11S. The van der Waals surface area contributed by atoms with Gasteiger partial charge in [-0.2, -0.15) is 12.6 Å². The van der Waals surface area contributed by atoms with Gasteiger partial charge in [0.25, 0.3) is 0 Å². The van der Waals surface area contributed by atoms with Gasteiger partial charge in [-0.25, -0.2) is 4.79 Å². The van der Waals surface area contributed by atoms with Crippen LogP contribution in [-0.4, -0.2) is 124 Å². The number of thiol groups is 1. The van der Waals surface area contributed by atoms with E-state index in [0.717, 1.165) is 6.92 Å². The maximum Gasteiger partial charge on any atom is 0.326 e. The average molecular weight is 708 g/mol. The van der Waals surface area contributed by atoms with Crippen molar-refractivity contribution in [3.63, 3.8) is 0 Å². The number of amides is 6. The van der Waals surface area contributed by atoms with Gasteiger partial charge in [-0.05, 0) is 52.1 Å². The van der Waals surface area contributed by atoms with Crippen LogP contribution < -0.4 is 49.5 Å². The summed E-state index contributed by atoms with van der Waals surface area (Å²) in [4.78, 5) is 98.8. The summed E-state index contributed by atoms with van der Waals surface area (Å²) < 4.78 is 0. The topological polar surface area (TPSA) is 361 Å². The van der Waals surface area contributed by atoms with Crippen molar-refractivity contribution in [1.82, 2.24) is 26.6 Å². The molecule has 0 bridgehead atoms. The summed E-state index contributed by atoms with van der Waals surface area (Å²) in [6.45, 7) is 1.74. The maximum atomic E-state index is 13.2. The Hall–Kier alpha value is -4.05. The molecule has 0 aliphatic carbocycles. The van der Waals surface area contributed by atoms with Crippen LogP contribution in [0, 0.1) is 0 Å². The number of primary amides is 1. The Morgan fingerprint density at radius 3 is 1.60 bits per heavy atom. The second-order valence-corrected chi connectivity index (χ2v) is 11.3. The van der Waals surface area contributed by atoms with Crippen LogP contribution in [0.4, 0.5) is 0 Å². The second-order valence-electron chi connectivity index (χ2n) is 10.9. The lowest BCUT2D eigenvalue weighted by Crippen LogP contribution is -2.61. The molecule has 21 heteroatoms. The lowest BCUT2D eigenvalue weighted by atomic mass is 10.1. The monoisotopic (exact) mass is 707 g/mol. The van der Waals surface area contributed by atoms with E-state index in [1.807, 2.05) is 5.32 Å². The number of unbranched alkanes of at least 4 members (excludes halogenated alkanes) is 2. The number of rotatable bonds is 25. The minimum atomic E-state index is -1.87. The van der Waals surface area contributed by atoms with E-state index in [0.29, 0.717) is 32.2 Å². The van der Waals surface area contributed by atoms with E-state index in [1.54, 1.807) is 0 Å². The average Bonchev–Trinajstić information content (AvgIpc) is 3.00. The first-order valence-electron chi connectivity index (χ1n) is 15.2. The van der Waals surface area contributed by atoms with Gasteiger partial charge in [0.1, 0.15) is 30.2 Å². The highest BCUT2D eigenvalue weighted by molar-refractivity contribution is 7.80. The molecule has 48 heavy (non-hydrogen) atoms. The molecule has 0 saturated carbocycles. The number of nitrogens with two attached hydrogens (primary N) is 4.